The fourth-order valence-corrected chi connectivity index (χ4v) is 2.31. The van der Waals surface area contributed by atoms with Crippen LogP contribution in [0.1, 0.15) is 53.4 Å². The molecule has 0 aliphatic rings. The zero-order valence-electron chi connectivity index (χ0n) is 12.3. The summed E-state index contributed by atoms with van der Waals surface area (Å²) < 4.78 is 11.4. The Hall–Kier alpha value is -1.79. The maximum Gasteiger partial charge on any atom is 0.373 e. The second-order valence-corrected chi connectivity index (χ2v) is 5.32. The van der Waals surface area contributed by atoms with Crippen molar-refractivity contribution in [2.45, 2.75) is 25.9 Å². The Kier molecular flexibility index (Phi) is 4.39. The van der Waals surface area contributed by atoms with Gasteiger partial charge in [-0.25, -0.2) is 4.79 Å². The van der Waals surface area contributed by atoms with Gasteiger partial charge in [0.2, 0.25) is 5.76 Å². The number of methoxy groups -OCH3 is 1. The predicted octanol–water partition coefficient (Wildman–Crippen LogP) is 2.66. The maximum atomic E-state index is 11.4. The number of aliphatic hydroxyl groups is 1. The van der Waals surface area contributed by atoms with E-state index in [1.54, 1.807) is 7.05 Å². The number of rotatable bonds is 4. The van der Waals surface area contributed by atoms with E-state index in [4.69, 9.17) is 16.0 Å². The first-order valence-electron chi connectivity index (χ1n) is 6.45. The summed E-state index contributed by atoms with van der Waals surface area (Å²) in [4.78, 5) is 11.4. The van der Waals surface area contributed by atoms with Gasteiger partial charge in [-0.1, -0.05) is 25.4 Å². The van der Waals surface area contributed by atoms with E-state index in [9.17, 15) is 9.90 Å². The van der Waals surface area contributed by atoms with Gasteiger partial charge in [0.1, 0.15) is 17.0 Å². The van der Waals surface area contributed by atoms with Crippen LogP contribution in [0.3, 0.4) is 0 Å². The lowest BCUT2D eigenvalue weighted by Crippen LogP contribution is -2.04. The smallest absolute Gasteiger partial charge is 0.373 e. The minimum atomic E-state index is -1.10. The van der Waals surface area contributed by atoms with Crippen LogP contribution in [0, 0.1) is 0 Å². The molecule has 1 unspecified atom stereocenters. The predicted molar refractivity (Wildman–Crippen MR) is 76.4 cm³/mol. The summed E-state index contributed by atoms with van der Waals surface area (Å²) >= 11 is 6.21. The molecule has 0 aliphatic carbocycles. The van der Waals surface area contributed by atoms with Crippen LogP contribution in [0.4, 0.5) is 0 Å². The average molecular weight is 313 g/mol. The summed E-state index contributed by atoms with van der Waals surface area (Å²) in [5.41, 5.74) is 1.17. The third kappa shape index (κ3) is 2.82. The molecule has 1 N–H and O–H groups in total. The highest BCUT2D eigenvalue weighted by Gasteiger charge is 2.27. The minimum absolute atomic E-state index is 0.0256. The van der Waals surface area contributed by atoms with Crippen molar-refractivity contribution in [1.29, 1.82) is 0 Å². The van der Waals surface area contributed by atoms with Crippen molar-refractivity contribution in [3.8, 4) is 0 Å². The van der Waals surface area contributed by atoms with Crippen LogP contribution in [-0.4, -0.2) is 28.0 Å². The SMILES string of the molecule is COC(=O)c1ccc(C(O)c2c(C(C)C)nn(C)c2Cl)o1. The summed E-state index contributed by atoms with van der Waals surface area (Å²) in [5, 5.41) is 15.1. The number of aryl methyl sites for hydroxylation is 1. The van der Waals surface area contributed by atoms with Gasteiger partial charge in [0.25, 0.3) is 0 Å². The fourth-order valence-electron chi connectivity index (χ4n) is 2.07. The number of nitrogens with zero attached hydrogens (tertiary/aromatic N) is 2. The first-order chi connectivity index (χ1) is 9.86. The van der Waals surface area contributed by atoms with Gasteiger partial charge < -0.3 is 14.3 Å². The van der Waals surface area contributed by atoms with Gasteiger partial charge in [-0.2, -0.15) is 5.10 Å². The molecule has 0 aromatic carbocycles. The third-order valence-electron chi connectivity index (χ3n) is 3.14. The highest BCUT2D eigenvalue weighted by atomic mass is 35.5. The molecule has 0 amide bonds. The standard InChI is InChI=1S/C14H17ClN2O4/c1-7(2)11-10(13(15)17(3)16-11)12(18)8-5-6-9(21-8)14(19)20-4/h5-7,12,18H,1-4H3. The van der Waals surface area contributed by atoms with Crippen LogP contribution in [0.15, 0.2) is 16.5 Å². The molecule has 2 heterocycles. The molecule has 0 radical (unpaired) electrons. The van der Waals surface area contributed by atoms with Gasteiger partial charge >= 0.3 is 5.97 Å². The van der Waals surface area contributed by atoms with Crippen LogP contribution < -0.4 is 0 Å². The number of halogens is 1. The highest BCUT2D eigenvalue weighted by molar-refractivity contribution is 6.30. The Balaban J connectivity index is 2.42. The molecular weight excluding hydrogens is 296 g/mol. The van der Waals surface area contributed by atoms with Crippen molar-refractivity contribution < 1.29 is 19.1 Å². The highest BCUT2D eigenvalue weighted by Crippen LogP contribution is 2.34. The molecule has 114 valence electrons. The lowest BCUT2D eigenvalue weighted by molar-refractivity contribution is 0.0558. The Labute approximate surface area is 127 Å². The van der Waals surface area contributed by atoms with Gasteiger partial charge in [0, 0.05) is 12.6 Å². The summed E-state index contributed by atoms with van der Waals surface area (Å²) in [6.45, 7) is 3.91. The lowest BCUT2D eigenvalue weighted by atomic mass is 10.0. The molecule has 0 saturated heterocycles. The van der Waals surface area contributed by atoms with Crippen molar-refractivity contribution in [1.82, 2.24) is 9.78 Å². The molecule has 1 atom stereocenters. The lowest BCUT2D eigenvalue weighted by Gasteiger charge is -2.11. The number of furan rings is 1. The summed E-state index contributed by atoms with van der Waals surface area (Å²) in [6, 6.07) is 2.97. The molecule has 0 saturated carbocycles. The fraction of sp³-hybridized carbons (Fsp3) is 0.429. The van der Waals surface area contributed by atoms with E-state index in [2.05, 4.69) is 9.84 Å². The van der Waals surface area contributed by atoms with E-state index in [-0.39, 0.29) is 17.4 Å². The van der Waals surface area contributed by atoms with E-state index in [1.165, 1.54) is 23.9 Å². The first kappa shape index (κ1) is 15.6. The number of carbonyl (C=O) groups excluding carboxylic acids is 1. The second-order valence-electron chi connectivity index (χ2n) is 4.96. The Morgan fingerprint density at radius 2 is 2.14 bits per heavy atom. The van der Waals surface area contributed by atoms with Crippen molar-refractivity contribution in [2.75, 3.05) is 7.11 Å². The first-order valence-corrected chi connectivity index (χ1v) is 6.83. The number of hydrogen-bond donors (Lipinski definition) is 1. The molecule has 0 spiro atoms. The molecule has 2 rings (SSSR count). The van der Waals surface area contributed by atoms with Crippen LogP contribution in [0.2, 0.25) is 5.15 Å². The van der Waals surface area contributed by atoms with Crippen LogP contribution in [-0.2, 0) is 11.8 Å². The Morgan fingerprint density at radius 1 is 1.48 bits per heavy atom. The van der Waals surface area contributed by atoms with Gasteiger partial charge in [-0.05, 0) is 18.1 Å². The van der Waals surface area contributed by atoms with Crippen LogP contribution in [0.5, 0.6) is 0 Å². The molecule has 7 heteroatoms. The zero-order valence-corrected chi connectivity index (χ0v) is 13.0. The molecule has 21 heavy (non-hydrogen) atoms. The van der Waals surface area contributed by atoms with Gasteiger partial charge in [0.15, 0.2) is 0 Å². The quantitative estimate of drug-likeness (QED) is 0.878. The third-order valence-corrected chi connectivity index (χ3v) is 3.59. The number of carbonyl (C=O) groups is 1. The summed E-state index contributed by atoms with van der Waals surface area (Å²) in [6.07, 6.45) is -1.10. The van der Waals surface area contributed by atoms with Crippen LogP contribution >= 0.6 is 11.6 Å². The van der Waals surface area contributed by atoms with Crippen LogP contribution in [0.25, 0.3) is 0 Å². The van der Waals surface area contributed by atoms with E-state index in [1.807, 2.05) is 13.8 Å². The van der Waals surface area contributed by atoms with E-state index >= 15 is 0 Å². The largest absolute Gasteiger partial charge is 0.463 e. The van der Waals surface area contributed by atoms with Gasteiger partial charge in [0.05, 0.1) is 12.8 Å². The van der Waals surface area contributed by atoms with Crippen molar-refractivity contribution in [3.05, 3.63) is 40.1 Å². The number of aliphatic hydroxyl groups excluding tert-OH is 1. The normalized spacial score (nSPS) is 12.7. The van der Waals surface area contributed by atoms with E-state index in [0.29, 0.717) is 16.4 Å². The Bertz CT molecular complexity index is 660. The topological polar surface area (TPSA) is 77.5 Å². The van der Waals surface area contributed by atoms with Crippen molar-refractivity contribution >= 4 is 17.6 Å². The molecule has 0 aliphatic heterocycles. The average Bonchev–Trinajstić information content (AvgIpc) is 3.04. The van der Waals surface area contributed by atoms with E-state index < -0.39 is 12.1 Å². The second kappa shape index (κ2) is 5.91. The number of ether oxygens (including phenoxy) is 1. The Morgan fingerprint density at radius 3 is 2.71 bits per heavy atom. The number of esters is 1. The molecular formula is C14H17ClN2O4. The number of hydrogen-bond acceptors (Lipinski definition) is 5. The zero-order chi connectivity index (χ0) is 15.7. The number of aromatic nitrogens is 2. The molecule has 2 aromatic rings. The molecule has 0 bridgehead atoms. The van der Waals surface area contributed by atoms with E-state index in [0.717, 1.165) is 0 Å². The molecule has 0 fully saturated rings. The summed E-state index contributed by atoms with van der Waals surface area (Å²) in [7, 11) is 2.96. The van der Waals surface area contributed by atoms with Gasteiger partial charge in [-0.15, -0.1) is 0 Å². The van der Waals surface area contributed by atoms with Crippen molar-refractivity contribution in [3.63, 3.8) is 0 Å². The monoisotopic (exact) mass is 312 g/mol. The summed E-state index contributed by atoms with van der Waals surface area (Å²) in [5.74, 6) is -0.275. The van der Waals surface area contributed by atoms with Gasteiger partial charge in [-0.3, -0.25) is 4.68 Å². The van der Waals surface area contributed by atoms with Crippen molar-refractivity contribution in [2.24, 2.45) is 7.05 Å². The minimum Gasteiger partial charge on any atom is -0.463 e. The maximum absolute atomic E-state index is 11.4. The molecule has 2 aromatic heterocycles. The molecule has 6 nitrogen and oxygen atoms in total.